The molecule has 0 aromatic carbocycles. The summed E-state index contributed by atoms with van der Waals surface area (Å²) in [6.07, 6.45) is -4.26. The van der Waals surface area contributed by atoms with E-state index >= 15 is 0 Å². The van der Waals surface area contributed by atoms with Gasteiger partial charge in [0.2, 0.25) is 5.91 Å². The Morgan fingerprint density at radius 1 is 1.06 bits per heavy atom. The molecule has 0 fully saturated rings. The van der Waals surface area contributed by atoms with Gasteiger partial charge in [-0.15, -0.1) is 0 Å². The van der Waals surface area contributed by atoms with Gasteiger partial charge in [0.15, 0.2) is 0 Å². The van der Waals surface area contributed by atoms with Crippen LogP contribution in [-0.4, -0.2) is 29.7 Å². The molecule has 0 aromatic rings. The number of carbonyl (C=O) groups excluding carboxylic acids is 1. The summed E-state index contributed by atoms with van der Waals surface area (Å²) in [6, 6.07) is 0. The maximum Gasteiger partial charge on any atom is 0.389 e. The van der Waals surface area contributed by atoms with E-state index in [9.17, 15) is 22.8 Å². The smallest absolute Gasteiger partial charge is 0.389 e. The van der Waals surface area contributed by atoms with Crippen LogP contribution in [0.1, 0.15) is 38.5 Å². The van der Waals surface area contributed by atoms with Gasteiger partial charge in [-0.05, 0) is 19.3 Å². The molecule has 0 spiro atoms. The van der Waals surface area contributed by atoms with Crippen LogP contribution in [0.25, 0.3) is 0 Å². The molecule has 0 aliphatic heterocycles. The van der Waals surface area contributed by atoms with Crippen molar-refractivity contribution in [1.82, 2.24) is 5.32 Å². The molecule has 0 saturated heterocycles. The second kappa shape index (κ2) is 7.92. The Morgan fingerprint density at radius 3 is 2.18 bits per heavy atom. The molecule has 17 heavy (non-hydrogen) atoms. The van der Waals surface area contributed by atoms with Gasteiger partial charge in [0, 0.05) is 25.8 Å². The molecule has 2 N–H and O–H groups in total. The van der Waals surface area contributed by atoms with Crippen molar-refractivity contribution in [3.63, 3.8) is 0 Å². The Hall–Kier alpha value is -1.27. The van der Waals surface area contributed by atoms with Crippen LogP contribution < -0.4 is 5.32 Å². The van der Waals surface area contributed by atoms with Crippen LogP contribution in [0.3, 0.4) is 0 Å². The highest BCUT2D eigenvalue weighted by atomic mass is 19.4. The van der Waals surface area contributed by atoms with Crippen molar-refractivity contribution in [2.45, 2.75) is 44.7 Å². The first-order chi connectivity index (χ1) is 7.81. The summed E-state index contributed by atoms with van der Waals surface area (Å²) in [5.74, 6) is -1.26. The molecule has 0 saturated carbocycles. The molecule has 0 aliphatic carbocycles. The highest BCUT2D eigenvalue weighted by Gasteiger charge is 2.25. The van der Waals surface area contributed by atoms with Gasteiger partial charge in [-0.1, -0.05) is 0 Å². The lowest BCUT2D eigenvalue weighted by molar-refractivity contribution is -0.137. The van der Waals surface area contributed by atoms with Crippen molar-refractivity contribution < 1.29 is 27.9 Å². The molecule has 7 heteroatoms. The predicted molar refractivity (Wildman–Crippen MR) is 54.4 cm³/mol. The monoisotopic (exact) mass is 255 g/mol. The topological polar surface area (TPSA) is 66.4 Å². The Labute approximate surface area is 97.2 Å². The molecule has 100 valence electrons. The third kappa shape index (κ3) is 12.7. The number of rotatable bonds is 8. The predicted octanol–water partition coefficient (Wildman–Crippen LogP) is 2.09. The number of carboxylic acids is 1. The van der Waals surface area contributed by atoms with Crippen molar-refractivity contribution in [3.05, 3.63) is 0 Å². The number of nitrogens with one attached hydrogen (secondary N) is 1. The number of carboxylic acid groups (broad SMARTS) is 1. The zero-order valence-corrected chi connectivity index (χ0v) is 9.35. The fraction of sp³-hybridized carbons (Fsp3) is 0.800. The molecule has 0 aliphatic rings. The van der Waals surface area contributed by atoms with Crippen molar-refractivity contribution in [2.24, 2.45) is 0 Å². The van der Waals surface area contributed by atoms with Gasteiger partial charge in [-0.2, -0.15) is 13.2 Å². The van der Waals surface area contributed by atoms with Crippen molar-refractivity contribution >= 4 is 11.9 Å². The molecule has 0 rings (SSSR count). The maximum absolute atomic E-state index is 11.7. The van der Waals surface area contributed by atoms with Crippen LogP contribution in [0, 0.1) is 0 Å². The van der Waals surface area contributed by atoms with Crippen molar-refractivity contribution in [1.29, 1.82) is 0 Å². The number of carbonyl (C=O) groups is 2. The minimum absolute atomic E-state index is 0.00134. The maximum atomic E-state index is 11.7. The molecule has 0 aromatic heterocycles. The second-order valence-corrected chi connectivity index (χ2v) is 3.67. The Morgan fingerprint density at radius 2 is 1.65 bits per heavy atom. The molecule has 0 radical (unpaired) electrons. The number of hydrogen-bond donors (Lipinski definition) is 2. The van der Waals surface area contributed by atoms with Crippen LogP contribution in [-0.2, 0) is 9.59 Å². The van der Waals surface area contributed by atoms with E-state index in [2.05, 4.69) is 5.32 Å². The summed E-state index contributed by atoms with van der Waals surface area (Å²) in [5, 5.41) is 10.7. The van der Waals surface area contributed by atoms with Gasteiger partial charge in [0.25, 0.3) is 0 Å². The summed E-state index contributed by atoms with van der Waals surface area (Å²) >= 11 is 0. The Balaban J connectivity index is 3.38. The zero-order valence-electron chi connectivity index (χ0n) is 9.35. The average Bonchev–Trinajstić information content (AvgIpc) is 2.18. The van der Waals surface area contributed by atoms with Gasteiger partial charge in [-0.25, -0.2) is 0 Å². The lowest BCUT2D eigenvalue weighted by Gasteiger charge is -2.07. The quantitative estimate of drug-likeness (QED) is 0.653. The number of aliphatic carboxylic acids is 1. The fourth-order valence-corrected chi connectivity index (χ4v) is 1.17. The Kier molecular flexibility index (Phi) is 7.32. The highest BCUT2D eigenvalue weighted by Crippen LogP contribution is 2.20. The van der Waals surface area contributed by atoms with Crippen LogP contribution in [0.15, 0.2) is 0 Å². The normalized spacial score (nSPS) is 11.2. The van der Waals surface area contributed by atoms with E-state index in [1.165, 1.54) is 0 Å². The summed E-state index contributed by atoms with van der Waals surface area (Å²) in [7, 11) is 0. The second-order valence-electron chi connectivity index (χ2n) is 3.67. The lowest BCUT2D eigenvalue weighted by Crippen LogP contribution is -2.25. The molecular formula is C10H16F3NO3. The van der Waals surface area contributed by atoms with Crippen LogP contribution in [0.2, 0.25) is 0 Å². The van der Waals surface area contributed by atoms with Crippen LogP contribution in [0.5, 0.6) is 0 Å². The van der Waals surface area contributed by atoms with E-state index in [0.29, 0.717) is 12.8 Å². The van der Waals surface area contributed by atoms with Gasteiger partial charge in [0.1, 0.15) is 0 Å². The lowest BCUT2D eigenvalue weighted by atomic mass is 10.2. The van der Waals surface area contributed by atoms with E-state index in [1.54, 1.807) is 0 Å². The molecule has 0 bridgehead atoms. The van der Waals surface area contributed by atoms with Gasteiger partial charge >= 0.3 is 12.1 Å². The summed E-state index contributed by atoms with van der Waals surface area (Å²) in [5.41, 5.74) is 0. The van der Waals surface area contributed by atoms with E-state index in [1.807, 2.05) is 0 Å². The molecule has 0 atom stereocenters. The number of amides is 1. The van der Waals surface area contributed by atoms with Gasteiger partial charge in [-0.3, -0.25) is 9.59 Å². The summed E-state index contributed by atoms with van der Waals surface area (Å²) in [4.78, 5) is 21.2. The SMILES string of the molecule is O=C(O)CCCCC(=O)NCCCC(F)(F)F. The number of unbranched alkanes of at least 4 members (excludes halogenated alkanes) is 1. The Bertz CT molecular complexity index is 254. The fourth-order valence-electron chi connectivity index (χ4n) is 1.17. The van der Waals surface area contributed by atoms with Gasteiger partial charge < -0.3 is 10.4 Å². The van der Waals surface area contributed by atoms with E-state index in [0.717, 1.165) is 0 Å². The van der Waals surface area contributed by atoms with E-state index in [-0.39, 0.29) is 31.7 Å². The minimum Gasteiger partial charge on any atom is -0.481 e. The standard InChI is InChI=1S/C10H16F3NO3/c11-10(12,13)6-3-7-14-8(15)4-1-2-5-9(16)17/h1-7H2,(H,14,15)(H,16,17). The van der Waals surface area contributed by atoms with E-state index in [4.69, 9.17) is 5.11 Å². The number of alkyl halides is 3. The van der Waals surface area contributed by atoms with Gasteiger partial charge in [0.05, 0.1) is 0 Å². The number of halogens is 3. The molecule has 0 heterocycles. The van der Waals surface area contributed by atoms with Crippen LogP contribution in [0.4, 0.5) is 13.2 Å². The first kappa shape index (κ1) is 15.7. The number of hydrogen-bond acceptors (Lipinski definition) is 2. The average molecular weight is 255 g/mol. The van der Waals surface area contributed by atoms with Crippen molar-refractivity contribution in [2.75, 3.05) is 6.54 Å². The largest absolute Gasteiger partial charge is 0.481 e. The van der Waals surface area contributed by atoms with Crippen LogP contribution >= 0.6 is 0 Å². The third-order valence-corrected chi connectivity index (χ3v) is 2.00. The molecule has 4 nitrogen and oxygen atoms in total. The minimum atomic E-state index is -4.19. The van der Waals surface area contributed by atoms with E-state index < -0.39 is 18.6 Å². The first-order valence-corrected chi connectivity index (χ1v) is 5.36. The summed E-state index contributed by atoms with van der Waals surface area (Å²) in [6.45, 7) is -0.00270. The summed E-state index contributed by atoms with van der Waals surface area (Å²) < 4.78 is 35.2. The molecule has 1 amide bonds. The van der Waals surface area contributed by atoms with Crippen molar-refractivity contribution in [3.8, 4) is 0 Å². The molecular weight excluding hydrogens is 239 g/mol. The highest BCUT2D eigenvalue weighted by molar-refractivity contribution is 5.75. The molecule has 0 unspecified atom stereocenters. The zero-order chi connectivity index (χ0) is 13.3. The first-order valence-electron chi connectivity index (χ1n) is 5.36. The third-order valence-electron chi connectivity index (χ3n) is 2.00.